The summed E-state index contributed by atoms with van der Waals surface area (Å²) in [6.45, 7) is 6.04. The van der Waals surface area contributed by atoms with Crippen molar-refractivity contribution in [2.45, 2.75) is 58.5 Å². The fraction of sp³-hybridized carbons (Fsp3) is 0.400. The minimum Gasteiger partial charge on any atom is -0.489 e. The van der Waals surface area contributed by atoms with Gasteiger partial charge in [0.1, 0.15) is 18.0 Å². The van der Waals surface area contributed by atoms with E-state index in [9.17, 15) is 9.18 Å². The Morgan fingerprint density at radius 1 is 1.17 bits per heavy atom. The van der Waals surface area contributed by atoms with Crippen LogP contribution in [0.5, 0.6) is 5.75 Å². The summed E-state index contributed by atoms with van der Waals surface area (Å²) in [5.74, 6) is -0.0191. The van der Waals surface area contributed by atoms with Crippen molar-refractivity contribution in [3.8, 4) is 5.75 Å². The molecule has 2 aromatic rings. The first-order valence-corrected chi connectivity index (χ1v) is 10.6. The molecule has 0 bridgehead atoms. The summed E-state index contributed by atoms with van der Waals surface area (Å²) in [6.07, 6.45) is 2.11. The van der Waals surface area contributed by atoms with E-state index in [0.29, 0.717) is 37.3 Å². The van der Waals surface area contributed by atoms with Crippen LogP contribution in [0.2, 0.25) is 5.02 Å². The summed E-state index contributed by atoms with van der Waals surface area (Å²) in [7, 11) is 0. The number of hydrogen-bond donors (Lipinski definition) is 1. The van der Waals surface area contributed by atoms with Crippen molar-refractivity contribution in [2.24, 2.45) is 0 Å². The maximum Gasteiger partial charge on any atom is 0.303 e. The molecule has 0 aromatic heterocycles. The maximum atomic E-state index is 14.8. The lowest BCUT2D eigenvalue weighted by Crippen LogP contribution is -2.25. The summed E-state index contributed by atoms with van der Waals surface area (Å²) >= 11 is 6.02. The Labute approximate surface area is 182 Å². The predicted octanol–water partition coefficient (Wildman–Crippen LogP) is 6.72. The molecule has 0 fully saturated rings. The number of aliphatic carboxylic acids is 1. The lowest BCUT2D eigenvalue weighted by Gasteiger charge is -2.30. The molecule has 0 amide bonds. The van der Waals surface area contributed by atoms with Gasteiger partial charge >= 0.3 is 5.97 Å². The number of aryl methyl sites for hydroxylation is 1. The van der Waals surface area contributed by atoms with Crippen molar-refractivity contribution in [2.75, 3.05) is 6.61 Å². The summed E-state index contributed by atoms with van der Waals surface area (Å²) in [4.78, 5) is 10.9. The Hall–Kier alpha value is -2.33. The van der Waals surface area contributed by atoms with Crippen LogP contribution in [0.3, 0.4) is 0 Å². The highest BCUT2D eigenvalue weighted by molar-refractivity contribution is 6.30. The number of allylic oxidation sites excluding steroid dienone is 1. The van der Waals surface area contributed by atoms with E-state index < -0.39 is 11.6 Å². The normalized spacial score (nSPS) is 19.1. The third-order valence-corrected chi connectivity index (χ3v) is 6.22. The summed E-state index contributed by atoms with van der Waals surface area (Å²) in [6, 6.07) is 11.4. The van der Waals surface area contributed by atoms with Gasteiger partial charge in [-0.25, -0.2) is 4.39 Å². The largest absolute Gasteiger partial charge is 0.489 e. The Morgan fingerprint density at radius 3 is 2.53 bits per heavy atom. The van der Waals surface area contributed by atoms with Crippen molar-refractivity contribution < 1.29 is 19.0 Å². The second kappa shape index (κ2) is 9.22. The second-order valence-electron chi connectivity index (χ2n) is 8.33. The molecule has 1 atom stereocenters. The van der Waals surface area contributed by atoms with Crippen molar-refractivity contribution in [3.63, 3.8) is 0 Å². The fourth-order valence-electron chi connectivity index (χ4n) is 3.95. The maximum absolute atomic E-state index is 14.8. The number of carbonyl (C=O) groups is 1. The van der Waals surface area contributed by atoms with Crippen LogP contribution in [-0.2, 0) is 11.2 Å². The molecule has 0 heterocycles. The first kappa shape index (κ1) is 22.4. The first-order chi connectivity index (χ1) is 14.2. The van der Waals surface area contributed by atoms with Gasteiger partial charge in [-0.15, -0.1) is 0 Å². The van der Waals surface area contributed by atoms with Crippen molar-refractivity contribution in [1.82, 2.24) is 0 Å². The van der Waals surface area contributed by atoms with Gasteiger partial charge in [-0.3, -0.25) is 4.79 Å². The Kier molecular flexibility index (Phi) is 6.87. The second-order valence-corrected chi connectivity index (χ2v) is 8.77. The summed E-state index contributed by atoms with van der Waals surface area (Å²) in [5, 5.41) is 9.58. The van der Waals surface area contributed by atoms with E-state index in [1.165, 1.54) is 0 Å². The molecular weight excluding hydrogens is 403 g/mol. The topological polar surface area (TPSA) is 46.5 Å². The number of ether oxygens (including phenoxy) is 1. The predicted molar refractivity (Wildman–Crippen MR) is 119 cm³/mol. The number of alkyl halides is 1. The van der Waals surface area contributed by atoms with Gasteiger partial charge in [-0.05, 0) is 91.6 Å². The summed E-state index contributed by atoms with van der Waals surface area (Å²) in [5.41, 5.74) is 4.96. The zero-order chi connectivity index (χ0) is 21.9. The van der Waals surface area contributed by atoms with Crippen LogP contribution in [0.1, 0.15) is 54.9 Å². The van der Waals surface area contributed by atoms with E-state index >= 15 is 0 Å². The molecule has 2 aromatic carbocycles. The van der Waals surface area contributed by atoms with Gasteiger partial charge in [0.2, 0.25) is 0 Å². The Morgan fingerprint density at radius 2 is 1.87 bits per heavy atom. The third kappa shape index (κ3) is 5.42. The van der Waals surface area contributed by atoms with E-state index in [1.54, 1.807) is 6.92 Å². The van der Waals surface area contributed by atoms with Crippen LogP contribution in [0.15, 0.2) is 42.0 Å². The lowest BCUT2D eigenvalue weighted by molar-refractivity contribution is -0.136. The molecule has 1 N–H and O–H groups in total. The molecule has 30 heavy (non-hydrogen) atoms. The number of carboxylic acid groups (broad SMARTS) is 1. The minimum absolute atomic E-state index is 0.111. The number of halogens is 2. The minimum atomic E-state index is -1.23. The van der Waals surface area contributed by atoms with Crippen LogP contribution >= 0.6 is 11.6 Å². The molecule has 5 heteroatoms. The Bertz CT molecular complexity index is 961. The number of benzene rings is 2. The SMILES string of the molecule is Cc1c(CCC(=O)O)ccc(OCC2=C(c3ccc(Cl)cc3)CC(C)(F)CC2)c1C. The van der Waals surface area contributed by atoms with E-state index in [1.807, 2.05) is 50.2 Å². The van der Waals surface area contributed by atoms with E-state index in [4.69, 9.17) is 21.4 Å². The highest BCUT2D eigenvalue weighted by Crippen LogP contribution is 2.40. The zero-order valence-electron chi connectivity index (χ0n) is 17.7. The molecule has 1 aliphatic carbocycles. The smallest absolute Gasteiger partial charge is 0.303 e. The van der Waals surface area contributed by atoms with Gasteiger partial charge in [-0.1, -0.05) is 29.8 Å². The third-order valence-electron chi connectivity index (χ3n) is 5.97. The highest BCUT2D eigenvalue weighted by atomic mass is 35.5. The van der Waals surface area contributed by atoms with Gasteiger partial charge in [0, 0.05) is 17.9 Å². The van der Waals surface area contributed by atoms with Crippen LogP contribution in [0.25, 0.3) is 5.57 Å². The van der Waals surface area contributed by atoms with E-state index in [2.05, 4.69) is 0 Å². The molecular formula is C25H28ClFO3. The molecule has 160 valence electrons. The quantitative estimate of drug-likeness (QED) is 0.530. The Balaban J connectivity index is 1.82. The standard InChI is InChI=1S/C25H28ClFO3/c1-16-17(2)23(10-6-18(16)7-11-24(28)29)30-15-20-12-13-25(3,27)14-22(20)19-4-8-21(26)9-5-19/h4-6,8-10H,7,11-15H2,1-3H3,(H,28,29). The molecule has 3 rings (SSSR count). The van der Waals surface area contributed by atoms with E-state index in [0.717, 1.165) is 39.1 Å². The molecule has 0 radical (unpaired) electrons. The average Bonchev–Trinajstić information content (AvgIpc) is 2.69. The van der Waals surface area contributed by atoms with Crippen molar-refractivity contribution in [3.05, 3.63) is 69.2 Å². The number of rotatable bonds is 7. The van der Waals surface area contributed by atoms with Crippen LogP contribution in [0.4, 0.5) is 4.39 Å². The zero-order valence-corrected chi connectivity index (χ0v) is 18.5. The van der Waals surface area contributed by atoms with Crippen LogP contribution in [-0.4, -0.2) is 23.4 Å². The number of hydrogen-bond acceptors (Lipinski definition) is 2. The first-order valence-electron chi connectivity index (χ1n) is 10.3. The fourth-order valence-corrected chi connectivity index (χ4v) is 4.07. The molecule has 0 saturated heterocycles. The van der Waals surface area contributed by atoms with Gasteiger partial charge in [0.05, 0.1) is 0 Å². The average molecular weight is 431 g/mol. The van der Waals surface area contributed by atoms with Gasteiger partial charge in [0.25, 0.3) is 0 Å². The summed E-state index contributed by atoms with van der Waals surface area (Å²) < 4.78 is 20.9. The molecule has 1 unspecified atom stereocenters. The molecule has 0 aliphatic heterocycles. The number of carboxylic acids is 1. The molecule has 3 nitrogen and oxygen atoms in total. The van der Waals surface area contributed by atoms with Crippen molar-refractivity contribution >= 4 is 23.1 Å². The molecule has 0 saturated carbocycles. The highest BCUT2D eigenvalue weighted by Gasteiger charge is 2.31. The van der Waals surface area contributed by atoms with Crippen LogP contribution < -0.4 is 4.74 Å². The van der Waals surface area contributed by atoms with Crippen molar-refractivity contribution in [1.29, 1.82) is 0 Å². The van der Waals surface area contributed by atoms with E-state index in [-0.39, 0.29) is 6.42 Å². The monoisotopic (exact) mass is 430 g/mol. The molecule has 0 spiro atoms. The van der Waals surface area contributed by atoms with Gasteiger partial charge in [-0.2, -0.15) is 0 Å². The van der Waals surface area contributed by atoms with Gasteiger partial charge in [0.15, 0.2) is 0 Å². The lowest BCUT2D eigenvalue weighted by atomic mass is 9.80. The van der Waals surface area contributed by atoms with Crippen LogP contribution in [0, 0.1) is 13.8 Å². The molecule has 1 aliphatic rings. The van der Waals surface area contributed by atoms with Gasteiger partial charge < -0.3 is 9.84 Å².